The van der Waals surface area contributed by atoms with Crippen LogP contribution in [0.15, 0.2) is 12.1 Å². The second kappa shape index (κ2) is 6.33. The average molecular weight is 262 g/mol. The molecule has 1 aromatic carbocycles. The van der Waals surface area contributed by atoms with Crippen molar-refractivity contribution in [3.05, 3.63) is 34.4 Å². The van der Waals surface area contributed by atoms with Crippen LogP contribution in [-0.4, -0.2) is 17.5 Å². The van der Waals surface area contributed by atoms with Crippen LogP contribution in [0.1, 0.15) is 67.1 Å². The van der Waals surface area contributed by atoms with Gasteiger partial charge in [-0.1, -0.05) is 32.9 Å². The van der Waals surface area contributed by atoms with Crippen molar-refractivity contribution in [3.8, 4) is 0 Å². The summed E-state index contributed by atoms with van der Waals surface area (Å²) in [6.45, 7) is 10.4. The summed E-state index contributed by atoms with van der Waals surface area (Å²) in [5.74, 6) is 0.227. The summed E-state index contributed by atoms with van der Waals surface area (Å²) in [6.07, 6.45) is 2.13. The highest BCUT2D eigenvalue weighted by Gasteiger charge is 2.28. The standard InChI is InChI=1S/C17H26O2/c1-6-7-14(19)15-12(2)8-9-13(3)16(15)17(4,5)10-11-18/h8-9,18H,6-7,10-11H2,1-5H3. The molecule has 0 atom stereocenters. The molecule has 0 saturated heterocycles. The van der Waals surface area contributed by atoms with E-state index in [4.69, 9.17) is 0 Å². The molecule has 0 radical (unpaired) electrons. The Hall–Kier alpha value is -1.15. The van der Waals surface area contributed by atoms with Crippen molar-refractivity contribution < 1.29 is 9.90 Å². The molecule has 0 aliphatic rings. The van der Waals surface area contributed by atoms with Crippen molar-refractivity contribution in [2.75, 3.05) is 6.61 Å². The minimum Gasteiger partial charge on any atom is -0.396 e. The quantitative estimate of drug-likeness (QED) is 0.788. The molecule has 0 saturated carbocycles. The summed E-state index contributed by atoms with van der Waals surface area (Å²) in [7, 11) is 0. The average Bonchev–Trinajstić information content (AvgIpc) is 2.31. The molecule has 1 aromatic rings. The van der Waals surface area contributed by atoms with Crippen LogP contribution in [0.5, 0.6) is 0 Å². The number of aryl methyl sites for hydroxylation is 2. The van der Waals surface area contributed by atoms with Crippen LogP contribution in [0.3, 0.4) is 0 Å². The lowest BCUT2D eigenvalue weighted by molar-refractivity contribution is 0.0978. The van der Waals surface area contributed by atoms with Gasteiger partial charge in [0.25, 0.3) is 0 Å². The van der Waals surface area contributed by atoms with Gasteiger partial charge >= 0.3 is 0 Å². The fourth-order valence-corrected chi connectivity index (χ4v) is 2.80. The van der Waals surface area contributed by atoms with Crippen LogP contribution >= 0.6 is 0 Å². The van der Waals surface area contributed by atoms with Crippen molar-refractivity contribution in [1.29, 1.82) is 0 Å². The zero-order valence-electron chi connectivity index (χ0n) is 12.8. The van der Waals surface area contributed by atoms with E-state index < -0.39 is 0 Å². The highest BCUT2D eigenvalue weighted by Crippen LogP contribution is 2.34. The van der Waals surface area contributed by atoms with Crippen LogP contribution in [0, 0.1) is 13.8 Å². The van der Waals surface area contributed by atoms with Gasteiger partial charge in [-0.3, -0.25) is 4.79 Å². The van der Waals surface area contributed by atoms with Gasteiger partial charge in [-0.25, -0.2) is 0 Å². The van der Waals surface area contributed by atoms with Gasteiger partial charge < -0.3 is 5.11 Å². The Morgan fingerprint density at radius 3 is 2.32 bits per heavy atom. The van der Waals surface area contributed by atoms with Crippen molar-refractivity contribution >= 4 is 5.78 Å². The third-order valence-corrected chi connectivity index (χ3v) is 3.79. The SMILES string of the molecule is CCCC(=O)c1c(C)ccc(C)c1C(C)(C)CCO. The highest BCUT2D eigenvalue weighted by molar-refractivity contribution is 5.99. The van der Waals surface area contributed by atoms with E-state index in [1.54, 1.807) is 0 Å². The molecule has 1 N–H and O–H groups in total. The summed E-state index contributed by atoms with van der Waals surface area (Å²) in [5.41, 5.74) is 4.00. The van der Waals surface area contributed by atoms with Gasteiger partial charge in [0.1, 0.15) is 0 Å². The highest BCUT2D eigenvalue weighted by atomic mass is 16.3. The number of hydrogen-bond donors (Lipinski definition) is 1. The first-order valence-corrected chi connectivity index (χ1v) is 7.10. The molecule has 0 aliphatic heterocycles. The van der Waals surface area contributed by atoms with Crippen LogP contribution in [0.4, 0.5) is 0 Å². The third-order valence-electron chi connectivity index (χ3n) is 3.79. The van der Waals surface area contributed by atoms with E-state index in [1.165, 1.54) is 0 Å². The Kier molecular flexibility index (Phi) is 5.30. The summed E-state index contributed by atoms with van der Waals surface area (Å²) in [6, 6.07) is 4.10. The monoisotopic (exact) mass is 262 g/mol. The number of hydrogen-bond acceptors (Lipinski definition) is 2. The molecule has 0 heterocycles. The summed E-state index contributed by atoms with van der Waals surface area (Å²) >= 11 is 0. The topological polar surface area (TPSA) is 37.3 Å². The molecular weight excluding hydrogens is 236 g/mol. The van der Waals surface area contributed by atoms with E-state index in [-0.39, 0.29) is 17.8 Å². The number of aliphatic hydroxyl groups excluding tert-OH is 1. The molecule has 0 spiro atoms. The molecule has 0 bridgehead atoms. The number of aliphatic hydroxyl groups is 1. The van der Waals surface area contributed by atoms with Gasteiger partial charge in [-0.15, -0.1) is 0 Å². The van der Waals surface area contributed by atoms with Crippen LogP contribution in [-0.2, 0) is 5.41 Å². The minimum atomic E-state index is -0.177. The zero-order valence-corrected chi connectivity index (χ0v) is 12.8. The largest absolute Gasteiger partial charge is 0.396 e. The number of carbonyl (C=O) groups excluding carboxylic acids is 1. The first-order chi connectivity index (χ1) is 8.85. The van der Waals surface area contributed by atoms with Crippen molar-refractivity contribution in [2.24, 2.45) is 0 Å². The molecule has 2 heteroatoms. The lowest BCUT2D eigenvalue weighted by atomic mass is 9.74. The smallest absolute Gasteiger partial charge is 0.163 e. The van der Waals surface area contributed by atoms with Gasteiger partial charge in [0.05, 0.1) is 0 Å². The Morgan fingerprint density at radius 2 is 1.79 bits per heavy atom. The van der Waals surface area contributed by atoms with Crippen LogP contribution in [0.25, 0.3) is 0 Å². The van der Waals surface area contributed by atoms with Crippen LogP contribution in [0.2, 0.25) is 0 Å². The Bertz CT molecular complexity index is 459. The van der Waals surface area contributed by atoms with Gasteiger partial charge in [0, 0.05) is 18.6 Å². The molecular formula is C17H26O2. The van der Waals surface area contributed by atoms with Gasteiger partial charge in [-0.05, 0) is 48.8 Å². The number of Topliss-reactive ketones (excluding diaryl/α,β-unsaturated/α-hetero) is 1. The normalized spacial score (nSPS) is 11.7. The van der Waals surface area contributed by atoms with E-state index in [9.17, 15) is 9.90 Å². The van der Waals surface area contributed by atoms with E-state index in [0.717, 1.165) is 28.7 Å². The molecule has 0 aliphatic carbocycles. The first-order valence-electron chi connectivity index (χ1n) is 7.10. The maximum Gasteiger partial charge on any atom is 0.163 e. The van der Waals surface area contributed by atoms with E-state index in [2.05, 4.69) is 26.8 Å². The predicted molar refractivity (Wildman–Crippen MR) is 79.9 cm³/mol. The fraction of sp³-hybridized carbons (Fsp3) is 0.588. The number of benzene rings is 1. The number of ketones is 1. The molecule has 1 rings (SSSR count). The Morgan fingerprint density at radius 1 is 1.21 bits per heavy atom. The van der Waals surface area contributed by atoms with Crippen LogP contribution < -0.4 is 0 Å². The summed E-state index contributed by atoms with van der Waals surface area (Å²) < 4.78 is 0. The maximum atomic E-state index is 12.4. The lowest BCUT2D eigenvalue weighted by Crippen LogP contribution is -2.24. The molecule has 0 aromatic heterocycles. The number of rotatable bonds is 6. The van der Waals surface area contributed by atoms with Gasteiger partial charge in [-0.2, -0.15) is 0 Å². The zero-order chi connectivity index (χ0) is 14.6. The molecule has 0 fully saturated rings. The van der Waals surface area contributed by atoms with E-state index in [0.29, 0.717) is 12.8 Å². The van der Waals surface area contributed by atoms with Crippen molar-refractivity contribution in [1.82, 2.24) is 0 Å². The maximum absolute atomic E-state index is 12.4. The minimum absolute atomic E-state index is 0.141. The summed E-state index contributed by atoms with van der Waals surface area (Å²) in [4.78, 5) is 12.4. The van der Waals surface area contributed by atoms with Crippen molar-refractivity contribution in [2.45, 2.75) is 59.3 Å². The molecule has 106 valence electrons. The molecule has 2 nitrogen and oxygen atoms in total. The molecule has 0 unspecified atom stereocenters. The first kappa shape index (κ1) is 15.9. The Labute approximate surface area is 116 Å². The third kappa shape index (κ3) is 3.44. The van der Waals surface area contributed by atoms with Crippen molar-refractivity contribution in [3.63, 3.8) is 0 Å². The lowest BCUT2D eigenvalue weighted by Gasteiger charge is -2.29. The second-order valence-corrected chi connectivity index (χ2v) is 5.98. The predicted octanol–water partition coefficient (Wildman–Crippen LogP) is 3.95. The fourth-order valence-electron chi connectivity index (χ4n) is 2.80. The molecule has 0 amide bonds. The van der Waals surface area contributed by atoms with Gasteiger partial charge in [0.15, 0.2) is 5.78 Å². The second-order valence-electron chi connectivity index (χ2n) is 5.98. The Balaban J connectivity index is 3.44. The molecule has 19 heavy (non-hydrogen) atoms. The summed E-state index contributed by atoms with van der Waals surface area (Å²) in [5, 5.41) is 9.27. The van der Waals surface area contributed by atoms with E-state index in [1.807, 2.05) is 19.9 Å². The van der Waals surface area contributed by atoms with Gasteiger partial charge in [0.2, 0.25) is 0 Å². The van der Waals surface area contributed by atoms with E-state index >= 15 is 0 Å². The number of carbonyl (C=O) groups is 1.